The second kappa shape index (κ2) is 6.87. The van der Waals surface area contributed by atoms with Crippen molar-refractivity contribution in [1.82, 2.24) is 19.7 Å². The molecule has 0 saturated carbocycles. The second-order valence-corrected chi connectivity index (χ2v) is 5.57. The zero-order chi connectivity index (χ0) is 19.7. The minimum absolute atomic E-state index is 0.134. The Morgan fingerprint density at radius 1 is 1.29 bits per heavy atom. The van der Waals surface area contributed by atoms with Gasteiger partial charge in [-0.1, -0.05) is 5.16 Å². The van der Waals surface area contributed by atoms with E-state index in [1.54, 1.807) is 31.4 Å². The SMILES string of the molecule is CNc1cc(Nc2cccn(-c3cnco3)c2=O)nc2c(C(=O)OC)onc12. The molecule has 2 N–H and O–H groups in total. The van der Waals surface area contributed by atoms with E-state index in [9.17, 15) is 9.59 Å². The van der Waals surface area contributed by atoms with Crippen LogP contribution >= 0.6 is 0 Å². The zero-order valence-electron chi connectivity index (χ0n) is 14.8. The van der Waals surface area contributed by atoms with Crippen LogP contribution in [0, 0.1) is 0 Å². The highest BCUT2D eigenvalue weighted by Gasteiger charge is 2.22. The zero-order valence-corrected chi connectivity index (χ0v) is 14.8. The molecular weight excluding hydrogens is 368 g/mol. The van der Waals surface area contributed by atoms with Gasteiger partial charge in [0.15, 0.2) is 11.9 Å². The minimum Gasteiger partial charge on any atom is -0.463 e. The van der Waals surface area contributed by atoms with Gasteiger partial charge in [-0.25, -0.2) is 14.8 Å². The predicted molar refractivity (Wildman–Crippen MR) is 98.1 cm³/mol. The lowest BCUT2D eigenvalue weighted by Crippen LogP contribution is -2.20. The molecule has 4 rings (SSSR count). The summed E-state index contributed by atoms with van der Waals surface area (Å²) in [6, 6.07) is 4.90. The molecule has 0 aliphatic rings. The number of hydrogen-bond acceptors (Lipinski definition) is 10. The van der Waals surface area contributed by atoms with Crippen molar-refractivity contribution in [2.24, 2.45) is 0 Å². The Hall–Kier alpha value is -4.15. The van der Waals surface area contributed by atoms with Crippen LogP contribution < -0.4 is 16.2 Å². The standard InChI is InChI=1S/C17H14N6O5/c1-18-10-6-11(21-14-13(10)22-28-15(14)17(25)26-2)20-9-4-3-5-23(16(9)24)12-7-19-8-27-12/h3-8,18H,1-2H3,(H,20,21). The van der Waals surface area contributed by atoms with E-state index >= 15 is 0 Å². The van der Waals surface area contributed by atoms with Crippen LogP contribution in [-0.2, 0) is 4.74 Å². The molecule has 11 nitrogen and oxygen atoms in total. The number of carbonyl (C=O) groups excluding carboxylic acids is 1. The molecule has 0 aromatic carbocycles. The summed E-state index contributed by atoms with van der Waals surface area (Å²) in [6.45, 7) is 0. The minimum atomic E-state index is -0.707. The Kier molecular flexibility index (Phi) is 4.24. The Morgan fingerprint density at radius 2 is 2.14 bits per heavy atom. The highest BCUT2D eigenvalue weighted by atomic mass is 16.5. The van der Waals surface area contributed by atoms with Gasteiger partial charge in [0, 0.05) is 19.3 Å². The van der Waals surface area contributed by atoms with E-state index in [1.807, 2.05) is 0 Å². The monoisotopic (exact) mass is 382 g/mol. The summed E-state index contributed by atoms with van der Waals surface area (Å²) in [5.74, 6) is -0.260. The number of anilines is 3. The van der Waals surface area contributed by atoms with E-state index in [-0.39, 0.29) is 28.4 Å². The summed E-state index contributed by atoms with van der Waals surface area (Å²) in [7, 11) is 2.91. The number of oxazole rings is 1. The van der Waals surface area contributed by atoms with E-state index in [0.29, 0.717) is 17.0 Å². The lowest BCUT2D eigenvalue weighted by molar-refractivity contribution is 0.0557. The van der Waals surface area contributed by atoms with Crippen LogP contribution in [0.25, 0.3) is 16.9 Å². The fraction of sp³-hybridized carbons (Fsp3) is 0.118. The largest absolute Gasteiger partial charge is 0.463 e. The number of aromatic nitrogens is 4. The molecule has 4 heterocycles. The van der Waals surface area contributed by atoms with Crippen molar-refractivity contribution >= 4 is 34.2 Å². The van der Waals surface area contributed by atoms with E-state index in [0.717, 1.165) is 0 Å². The van der Waals surface area contributed by atoms with Crippen LogP contribution in [0.2, 0.25) is 0 Å². The Labute approximate surface area is 156 Å². The van der Waals surface area contributed by atoms with E-state index in [4.69, 9.17) is 8.94 Å². The summed E-state index contributed by atoms with van der Waals surface area (Å²) in [4.78, 5) is 32.8. The van der Waals surface area contributed by atoms with Crippen LogP contribution in [0.3, 0.4) is 0 Å². The van der Waals surface area contributed by atoms with Gasteiger partial charge in [-0.3, -0.25) is 9.36 Å². The molecule has 11 heteroatoms. The summed E-state index contributed by atoms with van der Waals surface area (Å²) in [5.41, 5.74) is 0.987. The molecule has 28 heavy (non-hydrogen) atoms. The number of esters is 1. The van der Waals surface area contributed by atoms with Gasteiger partial charge >= 0.3 is 5.97 Å². The number of fused-ring (bicyclic) bond motifs is 1. The van der Waals surface area contributed by atoms with Crippen LogP contribution in [0.4, 0.5) is 17.2 Å². The maximum atomic E-state index is 12.7. The van der Waals surface area contributed by atoms with Crippen molar-refractivity contribution < 1.29 is 18.5 Å². The first kappa shape index (κ1) is 17.3. The molecule has 0 amide bonds. The van der Waals surface area contributed by atoms with E-state index in [1.165, 1.54) is 24.3 Å². The van der Waals surface area contributed by atoms with Crippen molar-refractivity contribution in [2.75, 3.05) is 24.8 Å². The molecule has 4 aromatic heterocycles. The number of nitrogens with one attached hydrogen (secondary N) is 2. The van der Waals surface area contributed by atoms with E-state index in [2.05, 4.69) is 30.5 Å². The molecule has 0 fully saturated rings. The molecule has 4 aromatic rings. The third-order valence-corrected chi connectivity index (χ3v) is 3.94. The van der Waals surface area contributed by atoms with Gasteiger partial charge in [-0.15, -0.1) is 0 Å². The Morgan fingerprint density at radius 3 is 2.86 bits per heavy atom. The first-order valence-electron chi connectivity index (χ1n) is 8.06. The highest BCUT2D eigenvalue weighted by molar-refractivity contribution is 6.03. The molecule has 0 unspecified atom stereocenters. The third-order valence-electron chi connectivity index (χ3n) is 3.94. The predicted octanol–water partition coefficient (Wildman–Crippen LogP) is 1.93. The number of nitrogens with zero attached hydrogens (tertiary/aromatic N) is 4. The Bertz CT molecular complexity index is 1210. The van der Waals surface area contributed by atoms with Gasteiger partial charge in [0.2, 0.25) is 5.88 Å². The number of ether oxygens (including phenoxy) is 1. The summed E-state index contributed by atoms with van der Waals surface area (Å²) < 4.78 is 16.2. The molecule has 0 bridgehead atoms. The number of rotatable bonds is 5. The normalized spacial score (nSPS) is 10.8. The van der Waals surface area contributed by atoms with Crippen LogP contribution in [0.5, 0.6) is 0 Å². The molecule has 0 radical (unpaired) electrons. The van der Waals surface area contributed by atoms with Crippen LogP contribution in [0.15, 0.2) is 50.7 Å². The highest BCUT2D eigenvalue weighted by Crippen LogP contribution is 2.28. The van der Waals surface area contributed by atoms with Crippen molar-refractivity contribution in [1.29, 1.82) is 0 Å². The van der Waals surface area contributed by atoms with Gasteiger partial charge in [-0.05, 0) is 12.1 Å². The molecule has 0 aliphatic heterocycles. The third kappa shape index (κ3) is 2.84. The van der Waals surface area contributed by atoms with Crippen molar-refractivity contribution in [2.45, 2.75) is 0 Å². The van der Waals surface area contributed by atoms with Gasteiger partial charge in [-0.2, -0.15) is 0 Å². The lowest BCUT2D eigenvalue weighted by atomic mass is 10.2. The second-order valence-electron chi connectivity index (χ2n) is 5.57. The topological polar surface area (TPSA) is 137 Å². The van der Waals surface area contributed by atoms with Gasteiger partial charge < -0.3 is 24.3 Å². The van der Waals surface area contributed by atoms with E-state index < -0.39 is 5.97 Å². The quantitative estimate of drug-likeness (QED) is 0.492. The fourth-order valence-electron chi connectivity index (χ4n) is 2.63. The molecule has 0 spiro atoms. The summed E-state index contributed by atoms with van der Waals surface area (Å²) in [6.07, 6.45) is 4.21. The van der Waals surface area contributed by atoms with Gasteiger partial charge in [0.1, 0.15) is 17.0 Å². The molecule has 0 atom stereocenters. The van der Waals surface area contributed by atoms with Gasteiger partial charge in [0.25, 0.3) is 11.3 Å². The first-order valence-corrected chi connectivity index (χ1v) is 8.06. The lowest BCUT2D eigenvalue weighted by Gasteiger charge is -2.09. The van der Waals surface area contributed by atoms with Crippen LogP contribution in [-0.4, -0.2) is 39.8 Å². The van der Waals surface area contributed by atoms with Crippen molar-refractivity contribution in [3.05, 3.63) is 53.1 Å². The smallest absolute Gasteiger partial charge is 0.379 e. The number of pyridine rings is 2. The Balaban J connectivity index is 1.79. The molecular formula is C17H14N6O5. The number of methoxy groups -OCH3 is 1. The fourth-order valence-corrected chi connectivity index (χ4v) is 2.63. The van der Waals surface area contributed by atoms with Crippen molar-refractivity contribution in [3.63, 3.8) is 0 Å². The molecule has 0 saturated heterocycles. The summed E-state index contributed by atoms with van der Waals surface area (Å²) in [5, 5.41) is 9.76. The van der Waals surface area contributed by atoms with Crippen molar-refractivity contribution in [3.8, 4) is 5.88 Å². The molecule has 0 aliphatic carbocycles. The summed E-state index contributed by atoms with van der Waals surface area (Å²) >= 11 is 0. The molecule has 142 valence electrons. The number of carbonyl (C=O) groups is 1. The maximum absolute atomic E-state index is 12.7. The maximum Gasteiger partial charge on any atom is 0.379 e. The number of hydrogen-bond donors (Lipinski definition) is 2. The first-order chi connectivity index (χ1) is 13.6. The average molecular weight is 382 g/mol. The van der Waals surface area contributed by atoms with Crippen LogP contribution in [0.1, 0.15) is 10.6 Å². The van der Waals surface area contributed by atoms with Gasteiger partial charge in [0.05, 0.1) is 19.0 Å². The average Bonchev–Trinajstić information content (AvgIpc) is 3.38.